The Morgan fingerprint density at radius 3 is 2.55 bits per heavy atom. The van der Waals surface area contributed by atoms with Gasteiger partial charge in [-0.3, -0.25) is 4.79 Å². The Kier molecular flexibility index (Phi) is 5.75. The number of nitrogen functional groups attached to an aromatic ring is 1. The molecule has 0 spiro atoms. The molecule has 5 nitrogen and oxygen atoms in total. The lowest BCUT2D eigenvalue weighted by molar-refractivity contribution is 0.102. The Labute approximate surface area is 189 Å². The zero-order valence-electron chi connectivity index (χ0n) is 15.7. The van der Waals surface area contributed by atoms with Crippen LogP contribution in [0.15, 0.2) is 65.3 Å². The summed E-state index contributed by atoms with van der Waals surface area (Å²) in [6.07, 6.45) is 0. The number of H-pyrrole nitrogens is 1. The molecule has 1 heterocycles. The summed E-state index contributed by atoms with van der Waals surface area (Å²) in [7, 11) is 0. The Morgan fingerprint density at radius 2 is 1.84 bits per heavy atom. The van der Waals surface area contributed by atoms with Gasteiger partial charge in [-0.1, -0.05) is 29.8 Å². The first-order chi connectivity index (χ1) is 14.8. The number of hydrogen-bond acceptors (Lipinski definition) is 3. The number of hydrogen-bond donors (Lipinski definition) is 3. The van der Waals surface area contributed by atoms with Crippen LogP contribution < -0.4 is 11.1 Å². The van der Waals surface area contributed by atoms with Crippen molar-refractivity contribution in [3.05, 3.63) is 87.5 Å². The third-order valence-corrected chi connectivity index (χ3v) is 5.43. The van der Waals surface area contributed by atoms with Crippen LogP contribution in [0.2, 0.25) is 5.02 Å². The van der Waals surface area contributed by atoms with Crippen molar-refractivity contribution in [1.82, 2.24) is 9.97 Å². The van der Waals surface area contributed by atoms with Crippen LogP contribution in [0.5, 0.6) is 0 Å². The molecular formula is C22H14BrClF2N4O. The summed E-state index contributed by atoms with van der Waals surface area (Å²) in [6.45, 7) is 0. The fourth-order valence-electron chi connectivity index (χ4n) is 3.00. The number of imidazole rings is 1. The van der Waals surface area contributed by atoms with Gasteiger partial charge >= 0.3 is 0 Å². The molecule has 0 saturated carbocycles. The highest BCUT2D eigenvalue weighted by Gasteiger charge is 2.17. The second kappa shape index (κ2) is 8.49. The monoisotopic (exact) mass is 502 g/mol. The number of carbonyl (C=O) groups excluding carboxylic acids is 1. The number of nitrogens with one attached hydrogen (secondary N) is 2. The van der Waals surface area contributed by atoms with Gasteiger partial charge in [0.05, 0.1) is 22.0 Å². The number of carbonyl (C=O) groups is 1. The van der Waals surface area contributed by atoms with Crippen LogP contribution in [0.3, 0.4) is 0 Å². The zero-order valence-corrected chi connectivity index (χ0v) is 18.1. The van der Waals surface area contributed by atoms with Crippen LogP contribution in [0.25, 0.3) is 22.6 Å². The van der Waals surface area contributed by atoms with E-state index in [1.807, 2.05) is 0 Å². The third kappa shape index (κ3) is 4.30. The molecule has 0 aliphatic rings. The van der Waals surface area contributed by atoms with E-state index in [0.29, 0.717) is 21.4 Å². The van der Waals surface area contributed by atoms with Crippen LogP contribution in [-0.2, 0) is 0 Å². The standard InChI is InChI=1S/C22H14BrClF2N4O/c23-20-19(29-21(30-20)18-14(24)2-1-3-15(18)26)11-4-6-12(7-5-11)22(31)28-17-10-13(25)8-9-16(17)27/h1-10H,27H2,(H,28,31)(H,29,30). The van der Waals surface area contributed by atoms with E-state index in [4.69, 9.17) is 17.3 Å². The molecule has 4 N–H and O–H groups in total. The summed E-state index contributed by atoms with van der Waals surface area (Å²) in [6, 6.07) is 14.7. The number of rotatable bonds is 4. The van der Waals surface area contributed by atoms with Crippen LogP contribution in [0.4, 0.5) is 20.2 Å². The molecule has 9 heteroatoms. The molecule has 0 atom stereocenters. The van der Waals surface area contributed by atoms with Crippen LogP contribution in [0.1, 0.15) is 10.4 Å². The smallest absolute Gasteiger partial charge is 0.255 e. The maximum absolute atomic E-state index is 14.2. The lowest BCUT2D eigenvalue weighted by Gasteiger charge is -2.08. The number of aromatic nitrogens is 2. The normalized spacial score (nSPS) is 10.8. The van der Waals surface area contributed by atoms with Gasteiger partial charge < -0.3 is 16.0 Å². The number of anilines is 2. The van der Waals surface area contributed by atoms with Gasteiger partial charge in [0, 0.05) is 11.1 Å². The molecule has 1 aromatic heterocycles. The fourth-order valence-corrected chi connectivity index (χ4v) is 3.75. The molecule has 4 rings (SSSR count). The zero-order chi connectivity index (χ0) is 22.1. The van der Waals surface area contributed by atoms with Gasteiger partial charge in [0.25, 0.3) is 5.91 Å². The number of nitrogens with two attached hydrogens (primary N) is 1. The summed E-state index contributed by atoms with van der Waals surface area (Å²) in [5.41, 5.74) is 7.93. The topological polar surface area (TPSA) is 83.8 Å². The largest absolute Gasteiger partial charge is 0.397 e. The second-order valence-electron chi connectivity index (χ2n) is 6.61. The number of nitrogens with zero attached hydrogens (tertiary/aromatic N) is 1. The minimum Gasteiger partial charge on any atom is -0.397 e. The summed E-state index contributed by atoms with van der Waals surface area (Å²) in [5.74, 6) is -1.17. The van der Waals surface area contributed by atoms with Crippen molar-refractivity contribution in [2.75, 3.05) is 11.1 Å². The first-order valence-corrected chi connectivity index (χ1v) is 10.2. The molecule has 0 aliphatic heterocycles. The summed E-state index contributed by atoms with van der Waals surface area (Å²) >= 11 is 9.52. The van der Waals surface area contributed by atoms with E-state index in [2.05, 4.69) is 31.2 Å². The SMILES string of the molecule is Nc1ccc(F)cc1NC(=O)c1ccc(-c2nc(-c3c(F)cccc3Cl)[nH]c2Br)cc1. The number of aromatic amines is 1. The molecule has 31 heavy (non-hydrogen) atoms. The molecule has 0 aliphatic carbocycles. The molecule has 0 radical (unpaired) electrons. The Balaban J connectivity index is 1.59. The highest BCUT2D eigenvalue weighted by molar-refractivity contribution is 9.10. The molecule has 0 bridgehead atoms. The molecular weight excluding hydrogens is 490 g/mol. The lowest BCUT2D eigenvalue weighted by atomic mass is 10.1. The molecule has 0 saturated heterocycles. The lowest BCUT2D eigenvalue weighted by Crippen LogP contribution is -2.13. The van der Waals surface area contributed by atoms with Gasteiger partial charge in [0.15, 0.2) is 0 Å². The molecule has 4 aromatic rings. The average Bonchev–Trinajstić information content (AvgIpc) is 3.12. The maximum atomic E-state index is 14.2. The van der Waals surface area contributed by atoms with Crippen molar-refractivity contribution in [2.24, 2.45) is 0 Å². The van der Waals surface area contributed by atoms with E-state index in [9.17, 15) is 13.6 Å². The van der Waals surface area contributed by atoms with Crippen LogP contribution in [0, 0.1) is 11.6 Å². The van der Waals surface area contributed by atoms with E-state index in [-0.39, 0.29) is 27.8 Å². The van der Waals surface area contributed by atoms with Crippen molar-refractivity contribution in [1.29, 1.82) is 0 Å². The van der Waals surface area contributed by atoms with Gasteiger partial charge in [-0.05, 0) is 58.4 Å². The van der Waals surface area contributed by atoms with E-state index in [1.54, 1.807) is 30.3 Å². The number of amides is 1. The van der Waals surface area contributed by atoms with Gasteiger partial charge in [0.1, 0.15) is 27.8 Å². The van der Waals surface area contributed by atoms with E-state index in [1.165, 1.54) is 24.3 Å². The highest BCUT2D eigenvalue weighted by atomic mass is 79.9. The quantitative estimate of drug-likeness (QED) is 0.287. The fraction of sp³-hybridized carbons (Fsp3) is 0. The Morgan fingerprint density at radius 1 is 1.10 bits per heavy atom. The van der Waals surface area contributed by atoms with E-state index in [0.717, 1.165) is 6.07 Å². The predicted octanol–water partition coefficient (Wildman–Crippen LogP) is 6.27. The minimum atomic E-state index is -0.506. The van der Waals surface area contributed by atoms with E-state index < -0.39 is 17.5 Å². The number of benzene rings is 3. The van der Waals surface area contributed by atoms with Gasteiger partial charge in [0.2, 0.25) is 0 Å². The van der Waals surface area contributed by atoms with Gasteiger partial charge in [-0.2, -0.15) is 0 Å². The summed E-state index contributed by atoms with van der Waals surface area (Å²) in [4.78, 5) is 19.9. The van der Waals surface area contributed by atoms with Crippen LogP contribution >= 0.6 is 27.5 Å². The van der Waals surface area contributed by atoms with Crippen molar-refractivity contribution < 1.29 is 13.6 Å². The molecule has 0 unspecified atom stereocenters. The summed E-state index contributed by atoms with van der Waals surface area (Å²) in [5, 5.41) is 2.82. The van der Waals surface area contributed by atoms with Crippen molar-refractivity contribution in [3.8, 4) is 22.6 Å². The molecule has 0 fully saturated rings. The average molecular weight is 504 g/mol. The van der Waals surface area contributed by atoms with E-state index >= 15 is 0 Å². The van der Waals surface area contributed by atoms with Crippen molar-refractivity contribution in [3.63, 3.8) is 0 Å². The van der Waals surface area contributed by atoms with Crippen LogP contribution in [-0.4, -0.2) is 15.9 Å². The number of halogens is 4. The summed E-state index contributed by atoms with van der Waals surface area (Å²) < 4.78 is 28.2. The van der Waals surface area contributed by atoms with Crippen molar-refractivity contribution in [2.45, 2.75) is 0 Å². The van der Waals surface area contributed by atoms with Gasteiger partial charge in [-0.15, -0.1) is 0 Å². The first kappa shape index (κ1) is 21.0. The predicted molar refractivity (Wildman–Crippen MR) is 121 cm³/mol. The highest BCUT2D eigenvalue weighted by Crippen LogP contribution is 2.34. The molecule has 3 aromatic carbocycles. The van der Waals surface area contributed by atoms with Crippen molar-refractivity contribution >= 4 is 44.8 Å². The maximum Gasteiger partial charge on any atom is 0.255 e. The molecule has 1 amide bonds. The third-order valence-electron chi connectivity index (χ3n) is 4.54. The Hall–Kier alpha value is -3.23. The first-order valence-electron chi connectivity index (χ1n) is 9.00. The second-order valence-corrected chi connectivity index (χ2v) is 7.81. The minimum absolute atomic E-state index is 0.166. The molecule has 156 valence electrons. The Bertz CT molecular complexity index is 1270. The van der Waals surface area contributed by atoms with Gasteiger partial charge in [-0.25, -0.2) is 13.8 Å².